The van der Waals surface area contributed by atoms with Gasteiger partial charge in [0.05, 0.1) is 12.8 Å². The third-order valence-corrected chi connectivity index (χ3v) is 4.42. The van der Waals surface area contributed by atoms with Crippen LogP contribution in [0.2, 0.25) is 0 Å². The van der Waals surface area contributed by atoms with Crippen LogP contribution in [0.5, 0.6) is 0 Å². The number of nitrogens with one attached hydrogen (secondary N) is 2. The molecule has 1 aromatic heterocycles. The average molecular weight is 391 g/mol. The van der Waals surface area contributed by atoms with Crippen LogP contribution in [0.1, 0.15) is 12.5 Å². The predicted octanol–water partition coefficient (Wildman–Crippen LogP) is 2.55. The molecule has 0 atom stereocenters. The van der Waals surface area contributed by atoms with E-state index in [1.54, 1.807) is 30.5 Å². The number of aromatic amines is 1. The number of anilines is 1. The van der Waals surface area contributed by atoms with E-state index in [0.717, 1.165) is 16.8 Å². The van der Waals surface area contributed by atoms with Crippen LogP contribution in [0.15, 0.2) is 54.7 Å². The number of hydrogen-bond donors (Lipinski definition) is 3. The molecular formula is C21H21N5O3. The van der Waals surface area contributed by atoms with Crippen LogP contribution in [-0.2, 0) is 14.3 Å². The number of nitrogens with two attached hydrogens (primary N) is 1. The summed E-state index contributed by atoms with van der Waals surface area (Å²) < 4.78 is 4.64. The van der Waals surface area contributed by atoms with Crippen molar-refractivity contribution in [3.8, 4) is 22.6 Å². The molecule has 3 rings (SSSR count). The first kappa shape index (κ1) is 19.8. The van der Waals surface area contributed by atoms with Crippen molar-refractivity contribution >= 4 is 23.4 Å². The van der Waals surface area contributed by atoms with Crippen molar-refractivity contribution in [1.82, 2.24) is 9.97 Å². The summed E-state index contributed by atoms with van der Waals surface area (Å²) in [5.41, 5.74) is 9.22. The highest BCUT2D eigenvalue weighted by Crippen LogP contribution is 2.25. The number of amides is 1. The van der Waals surface area contributed by atoms with E-state index in [1.807, 2.05) is 24.3 Å². The molecule has 0 saturated carbocycles. The Morgan fingerprint density at radius 3 is 2.28 bits per heavy atom. The zero-order valence-corrected chi connectivity index (χ0v) is 16.1. The van der Waals surface area contributed by atoms with Gasteiger partial charge in [0.2, 0.25) is 5.91 Å². The topological polar surface area (TPSA) is 125 Å². The Morgan fingerprint density at radius 1 is 1.10 bits per heavy atom. The van der Waals surface area contributed by atoms with Gasteiger partial charge in [0.25, 0.3) is 0 Å². The minimum atomic E-state index is -0.490. The van der Waals surface area contributed by atoms with E-state index >= 15 is 0 Å². The summed E-state index contributed by atoms with van der Waals surface area (Å²) in [5, 5.41) is 7.46. The maximum atomic E-state index is 11.9. The molecule has 8 nitrogen and oxygen atoms in total. The number of benzene rings is 2. The van der Waals surface area contributed by atoms with Crippen LogP contribution >= 0.6 is 0 Å². The summed E-state index contributed by atoms with van der Waals surface area (Å²) in [5.74, 6) is -0.0520. The van der Waals surface area contributed by atoms with E-state index in [1.165, 1.54) is 18.9 Å². The van der Waals surface area contributed by atoms with Crippen LogP contribution < -0.4 is 10.6 Å². The zero-order chi connectivity index (χ0) is 21.0. The molecule has 0 unspecified atom stereocenters. The Morgan fingerprint density at radius 2 is 1.72 bits per heavy atom. The molecular weight excluding hydrogens is 370 g/mol. The van der Waals surface area contributed by atoms with Crippen molar-refractivity contribution < 1.29 is 14.3 Å². The number of imidazole rings is 1. The summed E-state index contributed by atoms with van der Waals surface area (Å²) in [4.78, 5) is 32.5. The number of rotatable bonds is 6. The van der Waals surface area contributed by atoms with Gasteiger partial charge >= 0.3 is 5.97 Å². The fourth-order valence-electron chi connectivity index (χ4n) is 2.82. The Balaban J connectivity index is 1.80. The molecule has 1 amide bonds. The quantitative estimate of drug-likeness (QED) is 0.338. The number of aromatic nitrogens is 2. The minimum absolute atomic E-state index is 0.0196. The van der Waals surface area contributed by atoms with Crippen molar-refractivity contribution in [2.24, 2.45) is 5.73 Å². The smallest absolute Gasteiger partial charge is 0.325 e. The number of amidine groups is 1. The molecule has 0 aliphatic heterocycles. The molecule has 2 aromatic carbocycles. The molecule has 0 spiro atoms. The van der Waals surface area contributed by atoms with Gasteiger partial charge in [0.15, 0.2) is 0 Å². The zero-order valence-electron chi connectivity index (χ0n) is 16.1. The molecule has 0 radical (unpaired) electrons. The molecule has 8 heteroatoms. The predicted molar refractivity (Wildman–Crippen MR) is 111 cm³/mol. The van der Waals surface area contributed by atoms with Gasteiger partial charge in [-0.15, -0.1) is 0 Å². The van der Waals surface area contributed by atoms with Gasteiger partial charge in [0, 0.05) is 35.5 Å². The lowest BCUT2D eigenvalue weighted by Crippen LogP contribution is -2.34. The molecule has 3 aromatic rings. The lowest BCUT2D eigenvalue weighted by molar-refractivity contribution is -0.139. The molecule has 4 N–H and O–H groups in total. The van der Waals surface area contributed by atoms with Crippen LogP contribution in [0, 0.1) is 5.41 Å². The molecule has 29 heavy (non-hydrogen) atoms. The van der Waals surface area contributed by atoms with Crippen molar-refractivity contribution in [2.45, 2.75) is 6.92 Å². The second-order valence-corrected chi connectivity index (χ2v) is 6.35. The van der Waals surface area contributed by atoms with E-state index in [9.17, 15) is 9.59 Å². The van der Waals surface area contributed by atoms with Crippen molar-refractivity contribution in [2.75, 3.05) is 18.6 Å². The van der Waals surface area contributed by atoms with Gasteiger partial charge in [-0.2, -0.15) is 0 Å². The Bertz CT molecular complexity index is 1040. The van der Waals surface area contributed by atoms with E-state index < -0.39 is 5.97 Å². The van der Waals surface area contributed by atoms with E-state index in [0.29, 0.717) is 17.1 Å². The first-order chi connectivity index (χ1) is 13.9. The highest BCUT2D eigenvalue weighted by Gasteiger charge is 2.16. The third kappa shape index (κ3) is 4.49. The van der Waals surface area contributed by atoms with E-state index in [-0.39, 0.29) is 18.3 Å². The largest absolute Gasteiger partial charge is 0.468 e. The number of hydrogen-bond acceptors (Lipinski definition) is 5. The number of H-pyrrole nitrogens is 1. The highest BCUT2D eigenvalue weighted by atomic mass is 16.5. The number of ether oxygens (including phenoxy) is 1. The SMILES string of the molecule is COC(=O)CN(C(C)=O)c1ccc(-c2nc(-c3ccc(C(=N)N)cc3)c[nH]2)cc1. The van der Waals surface area contributed by atoms with E-state index in [2.05, 4.69) is 14.7 Å². The van der Waals surface area contributed by atoms with Gasteiger partial charge in [-0.25, -0.2) is 4.98 Å². The minimum Gasteiger partial charge on any atom is -0.468 e. The lowest BCUT2D eigenvalue weighted by atomic mass is 10.1. The number of methoxy groups -OCH3 is 1. The second-order valence-electron chi connectivity index (χ2n) is 6.35. The third-order valence-electron chi connectivity index (χ3n) is 4.42. The van der Waals surface area contributed by atoms with Crippen molar-refractivity contribution in [3.63, 3.8) is 0 Å². The second kappa shape index (κ2) is 8.39. The Kier molecular flexibility index (Phi) is 5.73. The van der Waals surface area contributed by atoms with Crippen LogP contribution in [0.3, 0.4) is 0 Å². The van der Waals surface area contributed by atoms with Crippen LogP contribution in [0.25, 0.3) is 22.6 Å². The Hall–Kier alpha value is -3.94. The maximum Gasteiger partial charge on any atom is 0.325 e. The summed E-state index contributed by atoms with van der Waals surface area (Å²) in [6, 6.07) is 14.4. The normalized spacial score (nSPS) is 10.4. The van der Waals surface area contributed by atoms with Gasteiger partial charge < -0.3 is 20.4 Å². The average Bonchev–Trinajstić information content (AvgIpc) is 3.22. The van der Waals surface area contributed by atoms with Crippen molar-refractivity contribution in [1.29, 1.82) is 5.41 Å². The standard InChI is InChI=1S/C21H21N5O3/c1-13(27)26(12-19(28)29-2)17-9-7-16(8-10-17)21-24-11-18(25-21)14-3-5-15(6-4-14)20(22)23/h3-11H,12H2,1-2H3,(H3,22,23)(H,24,25). The first-order valence-electron chi connectivity index (χ1n) is 8.84. The molecule has 0 saturated heterocycles. The van der Waals surface area contributed by atoms with Gasteiger partial charge in [-0.3, -0.25) is 15.0 Å². The molecule has 0 aliphatic carbocycles. The molecule has 1 heterocycles. The van der Waals surface area contributed by atoms with E-state index in [4.69, 9.17) is 11.1 Å². The van der Waals surface area contributed by atoms with Gasteiger partial charge in [-0.05, 0) is 24.3 Å². The number of carbonyl (C=O) groups excluding carboxylic acids is 2. The highest BCUT2D eigenvalue weighted by molar-refractivity contribution is 5.96. The molecule has 0 bridgehead atoms. The summed E-state index contributed by atoms with van der Waals surface area (Å²) in [7, 11) is 1.28. The van der Waals surface area contributed by atoms with Crippen LogP contribution in [0.4, 0.5) is 5.69 Å². The molecule has 0 fully saturated rings. The monoisotopic (exact) mass is 391 g/mol. The number of nitrogen functional groups attached to an aromatic ring is 1. The first-order valence-corrected chi connectivity index (χ1v) is 8.84. The summed E-state index contributed by atoms with van der Waals surface area (Å²) in [6.07, 6.45) is 1.80. The number of carbonyl (C=O) groups is 2. The van der Waals surface area contributed by atoms with Crippen LogP contribution in [-0.4, -0.2) is 41.3 Å². The van der Waals surface area contributed by atoms with Gasteiger partial charge in [-0.1, -0.05) is 24.3 Å². The summed E-state index contributed by atoms with van der Waals surface area (Å²) >= 11 is 0. The molecule has 148 valence electrons. The fraction of sp³-hybridized carbons (Fsp3) is 0.143. The Labute approximate surface area is 167 Å². The summed E-state index contributed by atoms with van der Waals surface area (Å²) in [6.45, 7) is 1.25. The lowest BCUT2D eigenvalue weighted by Gasteiger charge is -2.19. The molecule has 0 aliphatic rings. The van der Waals surface area contributed by atoms with Crippen molar-refractivity contribution in [3.05, 3.63) is 60.3 Å². The fourth-order valence-corrected chi connectivity index (χ4v) is 2.82. The number of esters is 1. The number of nitrogens with zero attached hydrogens (tertiary/aromatic N) is 2. The maximum absolute atomic E-state index is 11.9. The van der Waals surface area contributed by atoms with Gasteiger partial charge in [0.1, 0.15) is 18.2 Å².